The summed E-state index contributed by atoms with van der Waals surface area (Å²) in [6.07, 6.45) is 0. The fraction of sp³-hybridized carbons (Fsp3) is 0.222. The van der Waals surface area contributed by atoms with Crippen LogP contribution in [0.15, 0.2) is 54.6 Å². The monoisotopic (exact) mass is 297 g/mol. The SMILES string of the molecule is CC(C)C(=O)OCC(=O)Nc1ccccc1-c1ccccc1. The molecule has 0 aliphatic heterocycles. The van der Waals surface area contributed by atoms with Crippen molar-refractivity contribution in [2.75, 3.05) is 11.9 Å². The highest BCUT2D eigenvalue weighted by atomic mass is 16.5. The third kappa shape index (κ3) is 4.19. The van der Waals surface area contributed by atoms with E-state index in [1.807, 2.05) is 54.6 Å². The third-order valence-electron chi connectivity index (χ3n) is 3.10. The number of rotatable bonds is 5. The Bertz CT molecular complexity index is 650. The lowest BCUT2D eigenvalue weighted by Gasteiger charge is -2.12. The molecule has 0 fully saturated rings. The first kappa shape index (κ1) is 15.8. The summed E-state index contributed by atoms with van der Waals surface area (Å²) in [4.78, 5) is 23.3. The zero-order chi connectivity index (χ0) is 15.9. The number of esters is 1. The van der Waals surface area contributed by atoms with Gasteiger partial charge >= 0.3 is 5.97 Å². The summed E-state index contributed by atoms with van der Waals surface area (Å²) in [7, 11) is 0. The van der Waals surface area contributed by atoms with E-state index < -0.39 is 0 Å². The quantitative estimate of drug-likeness (QED) is 0.859. The van der Waals surface area contributed by atoms with Crippen molar-refractivity contribution in [1.82, 2.24) is 0 Å². The second kappa shape index (κ2) is 7.41. The number of benzene rings is 2. The summed E-state index contributed by atoms with van der Waals surface area (Å²) in [5, 5.41) is 2.79. The minimum absolute atomic E-state index is 0.246. The Morgan fingerprint density at radius 1 is 1.00 bits per heavy atom. The minimum Gasteiger partial charge on any atom is -0.455 e. The maximum atomic E-state index is 11.9. The van der Waals surface area contributed by atoms with Gasteiger partial charge in [-0.15, -0.1) is 0 Å². The van der Waals surface area contributed by atoms with E-state index in [4.69, 9.17) is 4.74 Å². The van der Waals surface area contributed by atoms with Gasteiger partial charge in [0.2, 0.25) is 0 Å². The van der Waals surface area contributed by atoms with Gasteiger partial charge < -0.3 is 10.1 Å². The van der Waals surface area contributed by atoms with Gasteiger partial charge in [-0.25, -0.2) is 0 Å². The molecule has 4 heteroatoms. The summed E-state index contributed by atoms with van der Waals surface area (Å²) in [6, 6.07) is 17.3. The lowest BCUT2D eigenvalue weighted by atomic mass is 10.0. The molecule has 0 spiro atoms. The molecular formula is C18H19NO3. The van der Waals surface area contributed by atoms with Crippen molar-refractivity contribution < 1.29 is 14.3 Å². The molecule has 1 amide bonds. The number of amides is 1. The van der Waals surface area contributed by atoms with Crippen LogP contribution in [0.1, 0.15) is 13.8 Å². The van der Waals surface area contributed by atoms with E-state index in [9.17, 15) is 9.59 Å². The highest BCUT2D eigenvalue weighted by molar-refractivity contribution is 5.96. The first-order valence-electron chi connectivity index (χ1n) is 7.19. The molecule has 4 nitrogen and oxygen atoms in total. The summed E-state index contributed by atoms with van der Waals surface area (Å²) in [5.74, 6) is -0.978. The van der Waals surface area contributed by atoms with Crippen molar-refractivity contribution in [3.05, 3.63) is 54.6 Å². The number of carbonyl (C=O) groups excluding carboxylic acids is 2. The summed E-state index contributed by atoms with van der Waals surface area (Å²) < 4.78 is 4.93. The van der Waals surface area contributed by atoms with Crippen molar-refractivity contribution in [2.24, 2.45) is 5.92 Å². The molecule has 22 heavy (non-hydrogen) atoms. The van der Waals surface area contributed by atoms with Crippen LogP contribution in [0.3, 0.4) is 0 Å². The normalized spacial score (nSPS) is 10.3. The molecular weight excluding hydrogens is 278 g/mol. The number of ether oxygens (including phenoxy) is 1. The number of para-hydroxylation sites is 1. The maximum absolute atomic E-state index is 11.9. The zero-order valence-corrected chi connectivity index (χ0v) is 12.7. The first-order valence-corrected chi connectivity index (χ1v) is 7.19. The first-order chi connectivity index (χ1) is 10.6. The molecule has 0 atom stereocenters. The van der Waals surface area contributed by atoms with Crippen molar-refractivity contribution in [3.8, 4) is 11.1 Å². The zero-order valence-electron chi connectivity index (χ0n) is 12.7. The van der Waals surface area contributed by atoms with Gasteiger partial charge in [0.25, 0.3) is 5.91 Å². The largest absolute Gasteiger partial charge is 0.455 e. The summed E-state index contributed by atoms with van der Waals surface area (Å²) >= 11 is 0. The molecule has 0 aliphatic rings. The molecule has 0 aromatic heterocycles. The van der Waals surface area contributed by atoms with Crippen LogP contribution in [-0.4, -0.2) is 18.5 Å². The van der Waals surface area contributed by atoms with Gasteiger partial charge in [-0.2, -0.15) is 0 Å². The summed E-state index contributed by atoms with van der Waals surface area (Å²) in [6.45, 7) is 3.18. The van der Waals surface area contributed by atoms with Crippen LogP contribution in [0.2, 0.25) is 0 Å². The van der Waals surface area contributed by atoms with Crippen LogP contribution in [0, 0.1) is 5.92 Å². The van der Waals surface area contributed by atoms with Gasteiger partial charge in [0, 0.05) is 11.3 Å². The molecule has 2 aromatic rings. The van der Waals surface area contributed by atoms with Crippen molar-refractivity contribution in [2.45, 2.75) is 13.8 Å². The summed E-state index contributed by atoms with van der Waals surface area (Å²) in [5.41, 5.74) is 2.63. The van der Waals surface area contributed by atoms with Crippen LogP contribution in [-0.2, 0) is 14.3 Å². The molecule has 1 N–H and O–H groups in total. The van der Waals surface area contributed by atoms with Gasteiger partial charge in [0.1, 0.15) is 0 Å². The number of nitrogens with one attached hydrogen (secondary N) is 1. The van der Waals surface area contributed by atoms with E-state index in [0.717, 1.165) is 11.1 Å². The van der Waals surface area contributed by atoms with Crippen molar-refractivity contribution in [3.63, 3.8) is 0 Å². The van der Waals surface area contributed by atoms with Crippen molar-refractivity contribution in [1.29, 1.82) is 0 Å². The number of hydrogen-bond donors (Lipinski definition) is 1. The Hall–Kier alpha value is -2.62. The van der Waals surface area contributed by atoms with Crippen LogP contribution in [0.4, 0.5) is 5.69 Å². The van der Waals surface area contributed by atoms with E-state index in [1.54, 1.807) is 13.8 Å². The van der Waals surface area contributed by atoms with E-state index >= 15 is 0 Å². The van der Waals surface area contributed by atoms with Crippen LogP contribution in [0.25, 0.3) is 11.1 Å². The van der Waals surface area contributed by atoms with Gasteiger partial charge in [-0.1, -0.05) is 62.4 Å². The smallest absolute Gasteiger partial charge is 0.308 e. The van der Waals surface area contributed by atoms with Gasteiger partial charge in [0.15, 0.2) is 6.61 Å². The Morgan fingerprint density at radius 2 is 1.64 bits per heavy atom. The molecule has 0 aliphatic carbocycles. The van der Waals surface area contributed by atoms with E-state index in [1.165, 1.54) is 0 Å². The molecule has 0 radical (unpaired) electrons. The Balaban J connectivity index is 2.07. The second-order valence-electron chi connectivity index (χ2n) is 5.22. The minimum atomic E-state index is -0.383. The molecule has 0 bridgehead atoms. The lowest BCUT2D eigenvalue weighted by molar-refractivity contribution is -0.150. The van der Waals surface area contributed by atoms with Gasteiger partial charge in [-0.05, 0) is 11.6 Å². The average molecular weight is 297 g/mol. The highest BCUT2D eigenvalue weighted by Crippen LogP contribution is 2.27. The number of carbonyl (C=O) groups is 2. The number of anilines is 1. The Labute approximate surface area is 130 Å². The second-order valence-corrected chi connectivity index (χ2v) is 5.22. The van der Waals surface area contributed by atoms with Crippen LogP contribution >= 0.6 is 0 Å². The lowest BCUT2D eigenvalue weighted by Crippen LogP contribution is -2.23. The number of hydrogen-bond acceptors (Lipinski definition) is 3. The van der Waals surface area contributed by atoms with Crippen molar-refractivity contribution >= 4 is 17.6 Å². The molecule has 0 unspecified atom stereocenters. The predicted molar refractivity (Wildman–Crippen MR) is 86.3 cm³/mol. The van der Waals surface area contributed by atoms with Crippen LogP contribution in [0.5, 0.6) is 0 Å². The van der Waals surface area contributed by atoms with Crippen LogP contribution < -0.4 is 5.32 Å². The molecule has 0 saturated heterocycles. The van der Waals surface area contributed by atoms with E-state index in [0.29, 0.717) is 5.69 Å². The fourth-order valence-electron chi connectivity index (χ4n) is 1.95. The van der Waals surface area contributed by atoms with Gasteiger partial charge in [-0.3, -0.25) is 9.59 Å². The Morgan fingerprint density at radius 3 is 2.32 bits per heavy atom. The van der Waals surface area contributed by atoms with E-state index in [2.05, 4.69) is 5.32 Å². The molecule has 2 rings (SSSR count). The maximum Gasteiger partial charge on any atom is 0.308 e. The average Bonchev–Trinajstić information content (AvgIpc) is 2.54. The molecule has 0 heterocycles. The standard InChI is InChI=1S/C18H19NO3/c1-13(2)18(21)22-12-17(20)19-16-11-7-6-10-15(16)14-8-4-3-5-9-14/h3-11,13H,12H2,1-2H3,(H,19,20). The predicted octanol–water partition coefficient (Wildman–Crippen LogP) is 3.49. The fourth-order valence-corrected chi connectivity index (χ4v) is 1.95. The third-order valence-corrected chi connectivity index (χ3v) is 3.10. The highest BCUT2D eigenvalue weighted by Gasteiger charge is 2.12. The topological polar surface area (TPSA) is 55.4 Å². The van der Waals surface area contributed by atoms with Gasteiger partial charge in [0.05, 0.1) is 5.92 Å². The Kier molecular flexibility index (Phi) is 5.31. The molecule has 114 valence electrons. The molecule has 0 saturated carbocycles. The molecule has 2 aromatic carbocycles. The van der Waals surface area contributed by atoms with E-state index in [-0.39, 0.29) is 24.4 Å².